The Kier molecular flexibility index (Phi) is 5.20. The van der Waals surface area contributed by atoms with E-state index in [9.17, 15) is 5.11 Å². The van der Waals surface area contributed by atoms with Crippen LogP contribution in [0.1, 0.15) is 38.9 Å². The van der Waals surface area contributed by atoms with Crippen LogP contribution in [0.3, 0.4) is 0 Å². The molecule has 1 aromatic rings. The first-order valence-electron chi connectivity index (χ1n) is 5.51. The highest BCUT2D eigenvalue weighted by atomic mass is 32.2. The summed E-state index contributed by atoms with van der Waals surface area (Å²) in [6, 6.07) is 8.10. The summed E-state index contributed by atoms with van der Waals surface area (Å²) in [5.74, 6) is 1.87. The summed E-state index contributed by atoms with van der Waals surface area (Å²) in [6.07, 6.45) is 0.853. The molecule has 0 aliphatic carbocycles. The topological polar surface area (TPSA) is 20.2 Å². The van der Waals surface area contributed by atoms with E-state index in [0.717, 1.165) is 17.2 Å². The average Bonchev–Trinajstić information content (AvgIpc) is 2.17. The van der Waals surface area contributed by atoms with E-state index in [1.165, 1.54) is 11.3 Å². The van der Waals surface area contributed by atoms with Gasteiger partial charge in [0.2, 0.25) is 0 Å². The molecule has 0 aliphatic heterocycles. The predicted molar refractivity (Wildman–Crippen MR) is 67.3 cm³/mol. The van der Waals surface area contributed by atoms with Gasteiger partial charge in [-0.05, 0) is 36.6 Å². The number of aliphatic hydroxyl groups excluding tert-OH is 1. The third-order valence-corrected chi connectivity index (χ3v) is 3.44. The van der Waals surface area contributed by atoms with E-state index in [-0.39, 0.29) is 6.10 Å². The van der Waals surface area contributed by atoms with Crippen LogP contribution in [0, 0.1) is 5.92 Å². The van der Waals surface area contributed by atoms with Crippen LogP contribution < -0.4 is 0 Å². The zero-order valence-corrected chi connectivity index (χ0v) is 10.6. The van der Waals surface area contributed by atoms with Crippen molar-refractivity contribution in [3.63, 3.8) is 0 Å². The molecule has 0 aliphatic rings. The van der Waals surface area contributed by atoms with E-state index in [4.69, 9.17) is 0 Å². The van der Waals surface area contributed by atoms with Crippen LogP contribution in [-0.2, 0) is 0 Å². The molecule has 0 amide bonds. The van der Waals surface area contributed by atoms with Gasteiger partial charge in [-0.15, -0.1) is 11.8 Å². The molecule has 0 spiro atoms. The summed E-state index contributed by atoms with van der Waals surface area (Å²) >= 11 is 1.84. The first-order valence-corrected chi connectivity index (χ1v) is 6.49. The van der Waals surface area contributed by atoms with Gasteiger partial charge >= 0.3 is 0 Å². The molecule has 15 heavy (non-hydrogen) atoms. The smallest absolute Gasteiger partial charge is 0.0772 e. The number of hydrogen-bond donors (Lipinski definition) is 1. The van der Waals surface area contributed by atoms with Gasteiger partial charge in [0.25, 0.3) is 0 Å². The van der Waals surface area contributed by atoms with Crippen LogP contribution >= 0.6 is 11.8 Å². The van der Waals surface area contributed by atoms with Gasteiger partial charge in [0.15, 0.2) is 0 Å². The van der Waals surface area contributed by atoms with Gasteiger partial charge in [-0.1, -0.05) is 32.0 Å². The molecule has 0 saturated heterocycles. The highest BCUT2D eigenvalue weighted by Crippen LogP contribution is 2.28. The van der Waals surface area contributed by atoms with Crippen molar-refractivity contribution >= 4 is 11.8 Å². The van der Waals surface area contributed by atoms with Crippen molar-refractivity contribution in [1.29, 1.82) is 0 Å². The molecule has 1 rings (SSSR count). The SMILES string of the molecule is CC(C)CCSc1ccccc1[C@@H](C)O. The maximum Gasteiger partial charge on any atom is 0.0772 e. The highest BCUT2D eigenvalue weighted by molar-refractivity contribution is 7.99. The van der Waals surface area contributed by atoms with Crippen LogP contribution in [0.5, 0.6) is 0 Å². The lowest BCUT2D eigenvalue weighted by Gasteiger charge is -2.11. The molecule has 0 radical (unpaired) electrons. The minimum absolute atomic E-state index is 0.368. The van der Waals surface area contributed by atoms with Crippen LogP contribution in [-0.4, -0.2) is 10.9 Å². The minimum atomic E-state index is -0.368. The zero-order valence-electron chi connectivity index (χ0n) is 9.73. The molecule has 1 nitrogen and oxygen atoms in total. The number of rotatable bonds is 5. The second kappa shape index (κ2) is 6.19. The molecule has 2 heteroatoms. The van der Waals surface area contributed by atoms with Crippen LogP contribution in [0.15, 0.2) is 29.2 Å². The lowest BCUT2D eigenvalue weighted by molar-refractivity contribution is 0.196. The van der Waals surface area contributed by atoms with Crippen molar-refractivity contribution in [3.05, 3.63) is 29.8 Å². The molecule has 1 atom stereocenters. The molecule has 0 unspecified atom stereocenters. The predicted octanol–water partition coefficient (Wildman–Crippen LogP) is 3.88. The number of aliphatic hydroxyl groups is 1. The number of benzene rings is 1. The van der Waals surface area contributed by atoms with Gasteiger partial charge in [-0.3, -0.25) is 0 Å². The van der Waals surface area contributed by atoms with Gasteiger partial charge in [0.1, 0.15) is 0 Å². The van der Waals surface area contributed by atoms with Crippen molar-refractivity contribution in [2.45, 2.75) is 38.2 Å². The molecule has 1 aromatic carbocycles. The Morgan fingerprint density at radius 3 is 2.47 bits per heavy atom. The van der Waals surface area contributed by atoms with Crippen molar-refractivity contribution in [2.24, 2.45) is 5.92 Å². The quantitative estimate of drug-likeness (QED) is 0.766. The van der Waals surface area contributed by atoms with Crippen molar-refractivity contribution in [1.82, 2.24) is 0 Å². The summed E-state index contributed by atoms with van der Waals surface area (Å²) in [5, 5.41) is 9.60. The monoisotopic (exact) mass is 224 g/mol. The Balaban J connectivity index is 2.59. The molecule has 84 valence electrons. The maximum atomic E-state index is 9.60. The Morgan fingerprint density at radius 1 is 1.20 bits per heavy atom. The Labute approximate surface area is 96.9 Å². The van der Waals surface area contributed by atoms with Crippen LogP contribution in [0.2, 0.25) is 0 Å². The lowest BCUT2D eigenvalue weighted by Crippen LogP contribution is -1.95. The third-order valence-electron chi connectivity index (χ3n) is 2.32. The van der Waals surface area contributed by atoms with Crippen molar-refractivity contribution in [3.8, 4) is 0 Å². The van der Waals surface area contributed by atoms with E-state index in [2.05, 4.69) is 19.9 Å². The Hall–Kier alpha value is -0.470. The van der Waals surface area contributed by atoms with E-state index < -0.39 is 0 Å². The van der Waals surface area contributed by atoms with Crippen molar-refractivity contribution < 1.29 is 5.11 Å². The highest BCUT2D eigenvalue weighted by Gasteiger charge is 2.07. The van der Waals surface area contributed by atoms with Gasteiger partial charge < -0.3 is 5.11 Å². The minimum Gasteiger partial charge on any atom is -0.389 e. The Bertz CT molecular complexity index is 294. The molecular weight excluding hydrogens is 204 g/mol. The van der Waals surface area contributed by atoms with E-state index in [1.807, 2.05) is 36.9 Å². The fraction of sp³-hybridized carbons (Fsp3) is 0.538. The molecule has 0 fully saturated rings. The van der Waals surface area contributed by atoms with Crippen molar-refractivity contribution in [2.75, 3.05) is 5.75 Å². The third kappa shape index (κ3) is 4.27. The largest absolute Gasteiger partial charge is 0.389 e. The standard InChI is InChI=1S/C13H20OS/c1-10(2)8-9-15-13-7-5-4-6-12(13)11(3)14/h4-7,10-11,14H,8-9H2,1-3H3/t11-/m1/s1. The molecule has 0 aromatic heterocycles. The fourth-order valence-corrected chi connectivity index (χ4v) is 2.75. The van der Waals surface area contributed by atoms with Crippen LogP contribution in [0.4, 0.5) is 0 Å². The molecule has 0 heterocycles. The van der Waals surface area contributed by atoms with Crippen LogP contribution in [0.25, 0.3) is 0 Å². The zero-order chi connectivity index (χ0) is 11.3. The van der Waals surface area contributed by atoms with E-state index in [1.54, 1.807) is 0 Å². The fourth-order valence-electron chi connectivity index (χ4n) is 1.36. The second-order valence-corrected chi connectivity index (χ2v) is 5.38. The van der Waals surface area contributed by atoms with E-state index >= 15 is 0 Å². The molecule has 0 bridgehead atoms. The van der Waals surface area contributed by atoms with Gasteiger partial charge in [0.05, 0.1) is 6.10 Å². The molecule has 1 N–H and O–H groups in total. The number of thioether (sulfide) groups is 1. The van der Waals surface area contributed by atoms with Gasteiger partial charge in [0, 0.05) is 4.90 Å². The average molecular weight is 224 g/mol. The maximum absolute atomic E-state index is 9.60. The first-order chi connectivity index (χ1) is 7.11. The normalized spacial score (nSPS) is 13.1. The summed E-state index contributed by atoms with van der Waals surface area (Å²) in [5.41, 5.74) is 1.05. The summed E-state index contributed by atoms with van der Waals surface area (Å²) in [7, 11) is 0. The summed E-state index contributed by atoms with van der Waals surface area (Å²) < 4.78 is 0. The number of hydrogen-bond acceptors (Lipinski definition) is 2. The second-order valence-electron chi connectivity index (χ2n) is 4.24. The van der Waals surface area contributed by atoms with Gasteiger partial charge in [-0.2, -0.15) is 0 Å². The summed E-state index contributed by atoms with van der Waals surface area (Å²) in [6.45, 7) is 6.30. The first kappa shape index (κ1) is 12.6. The summed E-state index contributed by atoms with van der Waals surface area (Å²) in [4.78, 5) is 1.22. The van der Waals surface area contributed by atoms with E-state index in [0.29, 0.717) is 0 Å². The molecular formula is C13H20OS. The Morgan fingerprint density at radius 2 is 1.87 bits per heavy atom. The lowest BCUT2D eigenvalue weighted by atomic mass is 10.1. The molecule has 0 saturated carbocycles. The van der Waals surface area contributed by atoms with Gasteiger partial charge in [-0.25, -0.2) is 0 Å².